The first-order valence-corrected chi connectivity index (χ1v) is 9.51. The van der Waals surface area contributed by atoms with Gasteiger partial charge in [0, 0.05) is 0 Å². The molecule has 1 aromatic heterocycles. The maximum atomic E-state index is 12.7. The van der Waals surface area contributed by atoms with E-state index in [2.05, 4.69) is 18.5 Å². The van der Waals surface area contributed by atoms with Crippen molar-refractivity contribution in [3.63, 3.8) is 0 Å². The fraction of sp³-hybridized carbons (Fsp3) is 0.333. The van der Waals surface area contributed by atoms with Crippen molar-refractivity contribution in [2.45, 2.75) is 44.9 Å². The number of rotatable bonds is 7. The average Bonchev–Trinajstić information content (AvgIpc) is 2.72. The van der Waals surface area contributed by atoms with Gasteiger partial charge in [0.05, 0.1) is 19.1 Å². The molecule has 8 heteroatoms. The second-order valence-corrected chi connectivity index (χ2v) is 6.94. The molecule has 0 radical (unpaired) electrons. The second kappa shape index (κ2) is 8.72. The molecule has 29 heavy (non-hydrogen) atoms. The first-order valence-electron chi connectivity index (χ1n) is 9.51. The normalized spacial score (nSPS) is 15.4. The first-order chi connectivity index (χ1) is 14.0. The van der Waals surface area contributed by atoms with Gasteiger partial charge in [0.1, 0.15) is 6.54 Å². The molecule has 0 aliphatic heterocycles. The number of benzene rings is 1. The fourth-order valence-corrected chi connectivity index (χ4v) is 3.68. The number of aryl methyl sites for hydroxylation is 1. The monoisotopic (exact) mass is 396 g/mol. The highest BCUT2D eigenvalue weighted by Gasteiger charge is 2.23. The van der Waals surface area contributed by atoms with E-state index < -0.39 is 29.5 Å². The van der Waals surface area contributed by atoms with E-state index in [1.54, 1.807) is 0 Å². The smallest absolute Gasteiger partial charge is 0.337 e. The van der Waals surface area contributed by atoms with Crippen LogP contribution in [0.2, 0.25) is 0 Å². The minimum atomic E-state index is -0.834. The van der Waals surface area contributed by atoms with Crippen LogP contribution in [0.4, 0.5) is 0 Å². The Morgan fingerprint density at radius 3 is 2.21 bits per heavy atom. The Hall–Kier alpha value is -3.42. The van der Waals surface area contributed by atoms with E-state index in [4.69, 9.17) is 0 Å². The van der Waals surface area contributed by atoms with Crippen LogP contribution in [0.5, 0.6) is 0 Å². The summed E-state index contributed by atoms with van der Waals surface area (Å²) >= 11 is 0. The van der Waals surface area contributed by atoms with Crippen LogP contribution < -0.4 is 22.4 Å². The van der Waals surface area contributed by atoms with Crippen LogP contribution in [-0.4, -0.2) is 19.6 Å². The van der Waals surface area contributed by atoms with E-state index in [0.717, 1.165) is 38.5 Å². The van der Waals surface area contributed by atoms with Gasteiger partial charge < -0.3 is 5.32 Å². The summed E-state index contributed by atoms with van der Waals surface area (Å²) < 4.78 is 2.53. The van der Waals surface area contributed by atoms with E-state index >= 15 is 0 Å². The van der Waals surface area contributed by atoms with Crippen LogP contribution >= 0.6 is 0 Å². The molecule has 0 fully saturated rings. The number of aromatic nitrogens is 3. The summed E-state index contributed by atoms with van der Waals surface area (Å²) in [4.78, 5) is 50.4. The number of carbonyl (C=O) groups excluding carboxylic acids is 1. The molecule has 0 unspecified atom stereocenters. The molecule has 152 valence electrons. The largest absolute Gasteiger partial charge is 0.348 e. The molecule has 3 rings (SSSR count). The molecule has 1 aromatic carbocycles. The zero-order chi connectivity index (χ0) is 21.0. The summed E-state index contributed by atoms with van der Waals surface area (Å²) in [6.45, 7) is 6.47. The van der Waals surface area contributed by atoms with Gasteiger partial charge in [0.25, 0.3) is 0 Å². The van der Waals surface area contributed by atoms with Crippen LogP contribution in [0.3, 0.4) is 0 Å². The van der Waals surface area contributed by atoms with Gasteiger partial charge in [-0.15, -0.1) is 13.2 Å². The number of nitrogens with zero attached hydrogens (tertiary/aromatic N) is 3. The van der Waals surface area contributed by atoms with Crippen LogP contribution in [0, 0.1) is 0 Å². The van der Waals surface area contributed by atoms with Gasteiger partial charge in [-0.3, -0.25) is 4.79 Å². The SMILES string of the molecule is C=CCn1c(=O)n(CC=C)c(=O)n(CC(=O)N[C@@H]2CCCc3ccccc32)c1=O. The van der Waals surface area contributed by atoms with E-state index in [9.17, 15) is 19.2 Å². The molecule has 0 saturated heterocycles. The van der Waals surface area contributed by atoms with Crippen molar-refractivity contribution in [3.05, 3.63) is 92.2 Å². The van der Waals surface area contributed by atoms with Gasteiger partial charge in [-0.2, -0.15) is 0 Å². The lowest BCUT2D eigenvalue weighted by Gasteiger charge is -2.26. The van der Waals surface area contributed by atoms with E-state index in [1.807, 2.05) is 24.3 Å². The molecule has 1 amide bonds. The molecule has 1 heterocycles. The molecule has 1 aliphatic rings. The Kier molecular flexibility index (Phi) is 6.11. The summed E-state index contributed by atoms with van der Waals surface area (Å²) in [6, 6.07) is 7.74. The van der Waals surface area contributed by atoms with Crippen LogP contribution in [0.1, 0.15) is 30.0 Å². The Bertz CT molecular complexity index is 1070. The van der Waals surface area contributed by atoms with Crippen molar-refractivity contribution < 1.29 is 4.79 Å². The number of allylic oxidation sites excluding steroid dienone is 2. The quantitative estimate of drug-likeness (QED) is 0.699. The Morgan fingerprint density at radius 2 is 1.59 bits per heavy atom. The molecule has 2 aromatic rings. The summed E-state index contributed by atoms with van der Waals surface area (Å²) in [5, 5.41) is 2.92. The third kappa shape index (κ3) is 4.06. The highest BCUT2D eigenvalue weighted by Crippen LogP contribution is 2.29. The van der Waals surface area contributed by atoms with Crippen molar-refractivity contribution in [2.75, 3.05) is 0 Å². The molecule has 0 bridgehead atoms. The molecule has 0 spiro atoms. The molecule has 1 atom stereocenters. The summed E-state index contributed by atoms with van der Waals surface area (Å²) in [7, 11) is 0. The zero-order valence-electron chi connectivity index (χ0n) is 16.2. The standard InChI is InChI=1S/C21H24N4O4/c1-3-12-23-19(27)24(13-4-2)21(29)25(20(23)28)14-18(26)22-17-11-7-9-15-8-5-6-10-16(15)17/h3-6,8,10,17H,1-2,7,9,11-14H2,(H,22,26)/t17-/m1/s1. The Balaban J connectivity index is 1.92. The fourth-order valence-electron chi connectivity index (χ4n) is 3.68. The zero-order valence-corrected chi connectivity index (χ0v) is 16.2. The summed E-state index contributed by atoms with van der Waals surface area (Å²) in [5.74, 6) is -0.458. The maximum Gasteiger partial charge on any atom is 0.337 e. The number of nitrogens with one attached hydrogen (secondary N) is 1. The molecular formula is C21H24N4O4. The Labute approximate surface area is 167 Å². The molecule has 0 saturated carbocycles. The molecule has 1 N–H and O–H groups in total. The predicted octanol–water partition coefficient (Wildman–Crippen LogP) is 0.737. The topological polar surface area (TPSA) is 95.1 Å². The number of carbonyl (C=O) groups is 1. The van der Waals surface area contributed by atoms with Gasteiger partial charge in [0.2, 0.25) is 5.91 Å². The lowest BCUT2D eigenvalue weighted by Crippen LogP contribution is -2.55. The number of hydrogen-bond acceptors (Lipinski definition) is 4. The van der Waals surface area contributed by atoms with Crippen LogP contribution in [0.15, 0.2) is 64.0 Å². The summed E-state index contributed by atoms with van der Waals surface area (Å²) in [5.41, 5.74) is -0.175. The second-order valence-electron chi connectivity index (χ2n) is 6.94. The van der Waals surface area contributed by atoms with Gasteiger partial charge in [-0.25, -0.2) is 28.1 Å². The number of hydrogen-bond donors (Lipinski definition) is 1. The Morgan fingerprint density at radius 1 is 1.00 bits per heavy atom. The lowest BCUT2D eigenvalue weighted by molar-refractivity contribution is -0.122. The number of fused-ring (bicyclic) bond motifs is 1. The maximum absolute atomic E-state index is 12.7. The van der Waals surface area contributed by atoms with Gasteiger partial charge in [-0.05, 0) is 30.4 Å². The van der Waals surface area contributed by atoms with Crippen molar-refractivity contribution in [1.29, 1.82) is 0 Å². The third-order valence-electron chi connectivity index (χ3n) is 5.02. The van der Waals surface area contributed by atoms with Gasteiger partial charge in [0.15, 0.2) is 0 Å². The minimum absolute atomic E-state index is 0.0628. The average molecular weight is 396 g/mol. The third-order valence-corrected chi connectivity index (χ3v) is 5.02. The van der Waals surface area contributed by atoms with Crippen LogP contribution in [0.25, 0.3) is 0 Å². The minimum Gasteiger partial charge on any atom is -0.348 e. The highest BCUT2D eigenvalue weighted by molar-refractivity contribution is 5.76. The number of amides is 1. The first kappa shape index (κ1) is 20.3. The summed E-state index contributed by atoms with van der Waals surface area (Å²) in [6.07, 6.45) is 5.46. The van der Waals surface area contributed by atoms with Crippen molar-refractivity contribution >= 4 is 5.91 Å². The van der Waals surface area contributed by atoms with E-state index in [0.29, 0.717) is 0 Å². The van der Waals surface area contributed by atoms with E-state index in [-0.39, 0.29) is 19.1 Å². The molecular weight excluding hydrogens is 372 g/mol. The molecule has 8 nitrogen and oxygen atoms in total. The predicted molar refractivity (Wildman–Crippen MR) is 110 cm³/mol. The highest BCUT2D eigenvalue weighted by atomic mass is 16.2. The molecule has 1 aliphatic carbocycles. The van der Waals surface area contributed by atoms with Crippen molar-refractivity contribution in [2.24, 2.45) is 0 Å². The van der Waals surface area contributed by atoms with Crippen LogP contribution in [-0.2, 0) is 30.8 Å². The van der Waals surface area contributed by atoms with E-state index in [1.165, 1.54) is 17.7 Å². The van der Waals surface area contributed by atoms with Crippen molar-refractivity contribution in [1.82, 2.24) is 19.0 Å². The van der Waals surface area contributed by atoms with Gasteiger partial charge >= 0.3 is 17.1 Å². The lowest BCUT2D eigenvalue weighted by atomic mass is 9.88. The van der Waals surface area contributed by atoms with Gasteiger partial charge in [-0.1, -0.05) is 36.4 Å². The van der Waals surface area contributed by atoms with Crippen molar-refractivity contribution in [3.8, 4) is 0 Å².